The number of amides is 3. The number of carbonyl (C=O) groups excluding carboxylic acids is 3. The number of carbonyl (C=O) groups is 3. The summed E-state index contributed by atoms with van der Waals surface area (Å²) in [7, 11) is 0. The molecule has 8 heteroatoms. The van der Waals surface area contributed by atoms with E-state index in [2.05, 4.69) is 0 Å². The summed E-state index contributed by atoms with van der Waals surface area (Å²) in [6.07, 6.45) is 14.0. The van der Waals surface area contributed by atoms with Gasteiger partial charge in [-0.15, -0.1) is 0 Å². The average Bonchev–Trinajstić information content (AvgIpc) is 3.25. The number of ether oxygens (including phenoxy) is 1. The SMILES string of the molecule is CC[C@@]12C=CCN(c3ccccc3)C(=O)[C@@H]1[C@H]1C(=O)N(CCCO)C3C(=O)N(C4CCCCC4)CC=C[C@@]31O2. The van der Waals surface area contributed by atoms with Gasteiger partial charge in [-0.05, 0) is 37.8 Å². The zero-order valence-corrected chi connectivity index (χ0v) is 22.7. The lowest BCUT2D eigenvalue weighted by Gasteiger charge is -2.40. The van der Waals surface area contributed by atoms with Crippen LogP contribution in [0.15, 0.2) is 54.6 Å². The molecular formula is C31H39N3O5. The molecule has 8 nitrogen and oxygen atoms in total. The Morgan fingerprint density at radius 2 is 1.67 bits per heavy atom. The smallest absolute Gasteiger partial charge is 0.249 e. The molecule has 1 spiro atoms. The minimum absolute atomic E-state index is 0.0861. The molecule has 39 heavy (non-hydrogen) atoms. The number of benzene rings is 1. The Kier molecular flexibility index (Phi) is 6.88. The Bertz CT molecular complexity index is 1180. The molecule has 0 radical (unpaired) electrons. The maximum Gasteiger partial charge on any atom is 0.249 e. The highest BCUT2D eigenvalue weighted by Gasteiger charge is 2.75. The van der Waals surface area contributed by atoms with Crippen molar-refractivity contribution in [2.75, 3.05) is 31.1 Å². The van der Waals surface area contributed by atoms with Crippen molar-refractivity contribution in [3.8, 4) is 0 Å². The molecule has 0 aromatic heterocycles. The van der Waals surface area contributed by atoms with E-state index < -0.39 is 29.1 Å². The van der Waals surface area contributed by atoms with Crippen LogP contribution in [0.3, 0.4) is 0 Å². The van der Waals surface area contributed by atoms with E-state index in [0.717, 1.165) is 31.4 Å². The fourth-order valence-corrected chi connectivity index (χ4v) is 7.82. The Hall–Kier alpha value is -2.97. The number of rotatable bonds is 6. The lowest BCUT2D eigenvalue weighted by Crippen LogP contribution is -2.58. The summed E-state index contributed by atoms with van der Waals surface area (Å²) >= 11 is 0. The monoisotopic (exact) mass is 533 g/mol. The van der Waals surface area contributed by atoms with Crippen LogP contribution in [0.25, 0.3) is 0 Å². The average molecular weight is 534 g/mol. The summed E-state index contributed by atoms with van der Waals surface area (Å²) in [6, 6.07) is 8.80. The fraction of sp³-hybridized carbons (Fsp3) is 0.581. The van der Waals surface area contributed by atoms with Gasteiger partial charge in [-0.25, -0.2) is 0 Å². The summed E-state index contributed by atoms with van der Waals surface area (Å²) in [5, 5.41) is 9.65. The van der Waals surface area contributed by atoms with Crippen molar-refractivity contribution in [2.45, 2.75) is 75.2 Å². The second-order valence-corrected chi connectivity index (χ2v) is 11.6. The third kappa shape index (κ3) is 3.98. The van der Waals surface area contributed by atoms with E-state index in [0.29, 0.717) is 25.9 Å². The molecule has 6 rings (SSSR count). The van der Waals surface area contributed by atoms with Crippen LogP contribution in [0.1, 0.15) is 51.9 Å². The quantitative estimate of drug-likeness (QED) is 0.568. The standard InChI is InChI=1S/C31H39N3O5/c1-2-30-16-9-18-32(22-12-5-3-6-13-22)27(36)24(30)25-28(37)34(20-11-21-35)26-29(38)33(23-14-7-4-8-15-23)19-10-17-31(25,26)39-30/h3,5-6,9-10,12-13,16-17,23-26,35H,2,4,7-8,11,14-15,18-21H2,1H3/t24-,25-,26?,30+,31-/m0/s1. The number of aliphatic hydroxyl groups is 1. The molecule has 1 unspecified atom stereocenters. The predicted octanol–water partition coefficient (Wildman–Crippen LogP) is 3.06. The molecular weight excluding hydrogens is 494 g/mol. The van der Waals surface area contributed by atoms with Gasteiger partial charge >= 0.3 is 0 Å². The topological polar surface area (TPSA) is 90.4 Å². The number of likely N-dealkylation sites (tertiary alicyclic amines) is 1. The summed E-state index contributed by atoms with van der Waals surface area (Å²) < 4.78 is 7.03. The summed E-state index contributed by atoms with van der Waals surface area (Å²) in [5.41, 5.74) is -1.46. The van der Waals surface area contributed by atoms with Gasteiger partial charge in [0.25, 0.3) is 0 Å². The Morgan fingerprint density at radius 1 is 0.923 bits per heavy atom. The molecule has 0 bridgehead atoms. The van der Waals surface area contributed by atoms with E-state index >= 15 is 0 Å². The van der Waals surface area contributed by atoms with Crippen molar-refractivity contribution in [1.82, 2.24) is 9.80 Å². The number of aliphatic hydroxyl groups excluding tert-OH is 1. The van der Waals surface area contributed by atoms with Gasteiger partial charge in [0, 0.05) is 38.0 Å². The minimum atomic E-state index is -1.24. The Balaban J connectivity index is 1.46. The maximum atomic E-state index is 14.5. The van der Waals surface area contributed by atoms with E-state index in [-0.39, 0.29) is 36.9 Å². The molecule has 1 saturated carbocycles. The first kappa shape index (κ1) is 26.3. The second kappa shape index (κ2) is 10.2. The van der Waals surface area contributed by atoms with Crippen LogP contribution >= 0.6 is 0 Å². The molecule has 1 aliphatic carbocycles. The summed E-state index contributed by atoms with van der Waals surface area (Å²) in [5.74, 6) is -2.07. The van der Waals surface area contributed by atoms with E-state index in [1.807, 2.05) is 66.5 Å². The van der Waals surface area contributed by atoms with Crippen LogP contribution in [0, 0.1) is 11.8 Å². The first-order valence-corrected chi connectivity index (χ1v) is 14.6. The van der Waals surface area contributed by atoms with Crippen molar-refractivity contribution in [1.29, 1.82) is 0 Å². The van der Waals surface area contributed by atoms with Crippen molar-refractivity contribution in [3.05, 3.63) is 54.6 Å². The zero-order valence-electron chi connectivity index (χ0n) is 22.7. The van der Waals surface area contributed by atoms with Gasteiger partial charge in [0.2, 0.25) is 17.7 Å². The molecule has 4 heterocycles. The van der Waals surface area contributed by atoms with Gasteiger partial charge in [-0.3, -0.25) is 14.4 Å². The van der Waals surface area contributed by atoms with E-state index in [9.17, 15) is 19.5 Å². The highest BCUT2D eigenvalue weighted by Crippen LogP contribution is 2.58. The van der Waals surface area contributed by atoms with E-state index in [1.54, 1.807) is 9.80 Å². The maximum absolute atomic E-state index is 14.5. The molecule has 1 N–H and O–H groups in total. The molecule has 208 valence electrons. The number of fused-ring (bicyclic) bond motifs is 2. The van der Waals surface area contributed by atoms with Crippen LogP contribution in [0.5, 0.6) is 0 Å². The molecule has 1 aromatic carbocycles. The molecule has 5 aliphatic rings. The van der Waals surface area contributed by atoms with Crippen LogP contribution in [0.2, 0.25) is 0 Å². The van der Waals surface area contributed by atoms with Gasteiger partial charge in [0.1, 0.15) is 11.6 Å². The third-order valence-electron chi connectivity index (χ3n) is 9.61. The number of nitrogens with zero attached hydrogens (tertiary/aromatic N) is 3. The molecule has 3 fully saturated rings. The van der Waals surface area contributed by atoms with E-state index in [1.165, 1.54) is 6.42 Å². The summed E-state index contributed by atoms with van der Waals surface area (Å²) in [4.78, 5) is 48.5. The van der Waals surface area contributed by atoms with Crippen molar-refractivity contribution < 1.29 is 24.2 Å². The van der Waals surface area contributed by atoms with Crippen LogP contribution in [0.4, 0.5) is 5.69 Å². The molecule has 1 aromatic rings. The lowest BCUT2D eigenvalue weighted by atomic mass is 9.73. The van der Waals surface area contributed by atoms with Gasteiger partial charge in [-0.2, -0.15) is 0 Å². The van der Waals surface area contributed by atoms with Crippen molar-refractivity contribution in [3.63, 3.8) is 0 Å². The molecule has 3 amide bonds. The van der Waals surface area contributed by atoms with Gasteiger partial charge < -0.3 is 24.5 Å². The van der Waals surface area contributed by atoms with Crippen LogP contribution < -0.4 is 4.90 Å². The van der Waals surface area contributed by atoms with Crippen molar-refractivity contribution in [2.24, 2.45) is 11.8 Å². The largest absolute Gasteiger partial charge is 0.396 e. The van der Waals surface area contributed by atoms with Gasteiger partial charge in [-0.1, -0.05) is 68.7 Å². The predicted molar refractivity (Wildman–Crippen MR) is 147 cm³/mol. The van der Waals surface area contributed by atoms with Crippen LogP contribution in [-0.2, 0) is 19.1 Å². The Morgan fingerprint density at radius 3 is 2.38 bits per heavy atom. The number of hydrogen-bond donors (Lipinski definition) is 1. The number of para-hydroxylation sites is 1. The number of anilines is 1. The highest BCUT2D eigenvalue weighted by molar-refractivity contribution is 6.04. The number of hydrogen-bond acceptors (Lipinski definition) is 5. The highest BCUT2D eigenvalue weighted by atomic mass is 16.5. The van der Waals surface area contributed by atoms with Gasteiger partial charge in [0.15, 0.2) is 0 Å². The summed E-state index contributed by atoms with van der Waals surface area (Å²) in [6.45, 7) is 3.01. The fourth-order valence-electron chi connectivity index (χ4n) is 7.82. The first-order valence-electron chi connectivity index (χ1n) is 14.6. The molecule has 2 saturated heterocycles. The van der Waals surface area contributed by atoms with E-state index in [4.69, 9.17) is 4.74 Å². The molecule has 4 aliphatic heterocycles. The van der Waals surface area contributed by atoms with Crippen LogP contribution in [-0.4, -0.2) is 82.2 Å². The van der Waals surface area contributed by atoms with Gasteiger partial charge in [0.05, 0.1) is 17.4 Å². The minimum Gasteiger partial charge on any atom is -0.396 e. The molecule has 5 atom stereocenters. The second-order valence-electron chi connectivity index (χ2n) is 11.6. The van der Waals surface area contributed by atoms with Crippen molar-refractivity contribution >= 4 is 23.4 Å². The zero-order chi connectivity index (χ0) is 27.2. The third-order valence-corrected chi connectivity index (χ3v) is 9.61. The normalized spacial score (nSPS) is 34.7. The Labute approximate surface area is 230 Å². The lowest BCUT2D eigenvalue weighted by molar-refractivity contribution is -0.154. The first-order chi connectivity index (χ1) is 19.0.